The molecule has 22 heavy (non-hydrogen) atoms. The van der Waals surface area contributed by atoms with E-state index in [0.717, 1.165) is 18.7 Å². The molecule has 5 heteroatoms. The van der Waals surface area contributed by atoms with Crippen molar-refractivity contribution in [3.05, 3.63) is 58.5 Å². The maximum atomic E-state index is 12.2. The van der Waals surface area contributed by atoms with E-state index < -0.39 is 0 Å². The van der Waals surface area contributed by atoms with Crippen LogP contribution in [0.2, 0.25) is 0 Å². The highest BCUT2D eigenvalue weighted by atomic mass is 35.5. The molecule has 4 nitrogen and oxygen atoms in total. The normalized spacial score (nSPS) is 16.5. The zero-order valence-corrected chi connectivity index (χ0v) is 13.6. The molecule has 1 aliphatic rings. The van der Waals surface area contributed by atoms with Gasteiger partial charge in [0.2, 0.25) is 0 Å². The minimum atomic E-state index is -0.0748. The third kappa shape index (κ3) is 3.34. The largest absolute Gasteiger partial charge is 0.466 e. The first-order valence-corrected chi connectivity index (χ1v) is 7.31. The minimum absolute atomic E-state index is 0. The fourth-order valence-electron chi connectivity index (χ4n) is 2.92. The van der Waals surface area contributed by atoms with E-state index in [9.17, 15) is 4.79 Å². The molecule has 0 fully saturated rings. The van der Waals surface area contributed by atoms with Gasteiger partial charge >= 0.3 is 0 Å². The second kappa shape index (κ2) is 6.99. The van der Waals surface area contributed by atoms with Crippen LogP contribution in [0.3, 0.4) is 0 Å². The highest BCUT2D eigenvalue weighted by Gasteiger charge is 2.20. The van der Waals surface area contributed by atoms with Crippen molar-refractivity contribution < 1.29 is 9.21 Å². The van der Waals surface area contributed by atoms with Crippen LogP contribution in [0.4, 0.5) is 0 Å². The number of hydrogen-bond donors (Lipinski definition) is 2. The predicted octanol–water partition coefficient (Wildman–Crippen LogP) is 2.94. The Balaban J connectivity index is 0.00000176. The van der Waals surface area contributed by atoms with Gasteiger partial charge < -0.3 is 15.1 Å². The van der Waals surface area contributed by atoms with E-state index in [4.69, 9.17) is 4.42 Å². The molecule has 1 unspecified atom stereocenters. The maximum Gasteiger partial charge on any atom is 0.254 e. The standard InChI is InChI=1S/C17H20N2O2.ClH/c1-11-9-15(12(2)21-11)17(20)19-10-16-14-6-4-3-5-13(14)7-8-18-16;/h3-6,9,16,18H,7-8,10H2,1-2H3,(H,19,20);1H. The molecular formula is C17H21ClN2O2. The van der Waals surface area contributed by atoms with Crippen LogP contribution >= 0.6 is 12.4 Å². The lowest BCUT2D eigenvalue weighted by Gasteiger charge is -2.27. The number of carbonyl (C=O) groups excluding carboxylic acids is 1. The van der Waals surface area contributed by atoms with Gasteiger partial charge in [-0.15, -0.1) is 12.4 Å². The average Bonchev–Trinajstić information content (AvgIpc) is 2.83. The Kier molecular flexibility index (Phi) is 5.27. The summed E-state index contributed by atoms with van der Waals surface area (Å²) in [6, 6.07) is 10.4. The van der Waals surface area contributed by atoms with Crippen LogP contribution in [0.25, 0.3) is 0 Å². The summed E-state index contributed by atoms with van der Waals surface area (Å²) in [6.07, 6.45) is 1.04. The van der Waals surface area contributed by atoms with Crippen LogP contribution in [-0.2, 0) is 6.42 Å². The zero-order valence-electron chi connectivity index (χ0n) is 12.8. The number of furan rings is 1. The summed E-state index contributed by atoms with van der Waals surface area (Å²) in [5, 5.41) is 6.47. The van der Waals surface area contributed by atoms with Crippen molar-refractivity contribution in [2.75, 3.05) is 13.1 Å². The van der Waals surface area contributed by atoms with Crippen LogP contribution < -0.4 is 10.6 Å². The number of amides is 1. The third-order valence-electron chi connectivity index (χ3n) is 3.97. The molecule has 2 aromatic rings. The lowest BCUT2D eigenvalue weighted by Crippen LogP contribution is -2.38. The summed E-state index contributed by atoms with van der Waals surface area (Å²) in [5.74, 6) is 1.36. The molecule has 1 aromatic heterocycles. The van der Waals surface area contributed by atoms with Gasteiger partial charge in [0.05, 0.1) is 5.56 Å². The minimum Gasteiger partial charge on any atom is -0.466 e. The van der Waals surface area contributed by atoms with Crippen molar-refractivity contribution >= 4 is 18.3 Å². The summed E-state index contributed by atoms with van der Waals surface area (Å²) in [6.45, 7) is 5.19. The number of fused-ring (bicyclic) bond motifs is 1. The SMILES string of the molecule is Cc1cc(C(=O)NCC2NCCc3ccccc32)c(C)o1.Cl. The zero-order chi connectivity index (χ0) is 14.8. The molecule has 118 valence electrons. The Morgan fingerprint density at radius 1 is 1.36 bits per heavy atom. The van der Waals surface area contributed by atoms with Crippen molar-refractivity contribution in [1.82, 2.24) is 10.6 Å². The number of hydrogen-bond acceptors (Lipinski definition) is 3. The van der Waals surface area contributed by atoms with Crippen LogP contribution in [0.5, 0.6) is 0 Å². The van der Waals surface area contributed by atoms with Gasteiger partial charge in [0.15, 0.2) is 0 Å². The molecule has 0 aliphatic carbocycles. The molecule has 1 aliphatic heterocycles. The summed E-state index contributed by atoms with van der Waals surface area (Å²) in [7, 11) is 0. The van der Waals surface area contributed by atoms with E-state index >= 15 is 0 Å². The van der Waals surface area contributed by atoms with Crippen molar-refractivity contribution in [3.8, 4) is 0 Å². The second-order valence-electron chi connectivity index (χ2n) is 5.49. The molecule has 2 N–H and O–H groups in total. The fraction of sp³-hybridized carbons (Fsp3) is 0.353. The molecule has 0 saturated heterocycles. The molecular weight excluding hydrogens is 300 g/mol. The second-order valence-corrected chi connectivity index (χ2v) is 5.49. The number of carbonyl (C=O) groups is 1. The Morgan fingerprint density at radius 2 is 2.14 bits per heavy atom. The summed E-state index contributed by atoms with van der Waals surface area (Å²) < 4.78 is 5.41. The molecule has 1 amide bonds. The number of nitrogens with one attached hydrogen (secondary N) is 2. The van der Waals surface area contributed by atoms with Gasteiger partial charge in [-0.05, 0) is 44.0 Å². The molecule has 0 bridgehead atoms. The monoisotopic (exact) mass is 320 g/mol. The smallest absolute Gasteiger partial charge is 0.254 e. The molecule has 2 heterocycles. The van der Waals surface area contributed by atoms with Gasteiger partial charge in [0.25, 0.3) is 5.91 Å². The van der Waals surface area contributed by atoms with Crippen LogP contribution in [0, 0.1) is 13.8 Å². The first-order valence-electron chi connectivity index (χ1n) is 7.31. The van der Waals surface area contributed by atoms with Gasteiger partial charge in [-0.25, -0.2) is 0 Å². The van der Waals surface area contributed by atoms with Gasteiger partial charge in [-0.1, -0.05) is 24.3 Å². The van der Waals surface area contributed by atoms with E-state index in [1.807, 2.05) is 19.9 Å². The topological polar surface area (TPSA) is 54.3 Å². The molecule has 0 saturated carbocycles. The Morgan fingerprint density at radius 3 is 2.86 bits per heavy atom. The average molecular weight is 321 g/mol. The number of halogens is 1. The molecule has 0 spiro atoms. The number of aryl methyl sites for hydroxylation is 2. The molecule has 1 atom stereocenters. The predicted molar refractivity (Wildman–Crippen MR) is 88.7 cm³/mol. The van der Waals surface area contributed by atoms with E-state index in [2.05, 4.69) is 28.8 Å². The highest BCUT2D eigenvalue weighted by molar-refractivity contribution is 5.95. The lowest BCUT2D eigenvalue weighted by atomic mass is 9.94. The molecule has 3 rings (SSSR count). The van der Waals surface area contributed by atoms with Crippen LogP contribution in [0.15, 0.2) is 34.7 Å². The third-order valence-corrected chi connectivity index (χ3v) is 3.97. The lowest BCUT2D eigenvalue weighted by molar-refractivity contribution is 0.0947. The van der Waals surface area contributed by atoms with E-state index in [1.54, 1.807) is 6.07 Å². The first-order chi connectivity index (χ1) is 10.1. The molecule has 0 radical (unpaired) electrons. The van der Waals surface area contributed by atoms with Crippen molar-refractivity contribution in [3.63, 3.8) is 0 Å². The van der Waals surface area contributed by atoms with Crippen LogP contribution in [0.1, 0.15) is 39.0 Å². The van der Waals surface area contributed by atoms with Gasteiger partial charge in [-0.3, -0.25) is 4.79 Å². The van der Waals surface area contributed by atoms with E-state index in [0.29, 0.717) is 17.9 Å². The summed E-state index contributed by atoms with van der Waals surface area (Å²) in [5.41, 5.74) is 3.27. The highest BCUT2D eigenvalue weighted by Crippen LogP contribution is 2.22. The maximum absolute atomic E-state index is 12.2. The van der Waals surface area contributed by atoms with Gasteiger partial charge in [0, 0.05) is 12.6 Å². The van der Waals surface area contributed by atoms with Crippen LogP contribution in [-0.4, -0.2) is 19.0 Å². The quantitative estimate of drug-likeness (QED) is 0.914. The Hall–Kier alpha value is -1.78. The van der Waals surface area contributed by atoms with Gasteiger partial charge in [-0.2, -0.15) is 0 Å². The fourth-order valence-corrected chi connectivity index (χ4v) is 2.92. The van der Waals surface area contributed by atoms with Crippen molar-refractivity contribution in [2.24, 2.45) is 0 Å². The van der Waals surface area contributed by atoms with Gasteiger partial charge in [0.1, 0.15) is 11.5 Å². The van der Waals surface area contributed by atoms with Crippen molar-refractivity contribution in [2.45, 2.75) is 26.3 Å². The van der Waals surface area contributed by atoms with Crippen molar-refractivity contribution in [1.29, 1.82) is 0 Å². The molecule has 1 aromatic carbocycles. The first kappa shape index (κ1) is 16.6. The Bertz CT molecular complexity index is 666. The van der Waals surface area contributed by atoms with E-state index in [1.165, 1.54) is 11.1 Å². The summed E-state index contributed by atoms with van der Waals surface area (Å²) in [4.78, 5) is 12.2. The number of benzene rings is 1. The van der Waals surface area contributed by atoms with E-state index in [-0.39, 0.29) is 24.4 Å². The Labute approximate surface area is 136 Å². The summed E-state index contributed by atoms with van der Waals surface area (Å²) >= 11 is 0. The number of rotatable bonds is 3.